The standard InChI is InChI=1S/C26H25FN4O5/c1-5-35-24(33)26(2,3)16-6-8-17(9-7-16)30-25-28-14-19(27)22(31-25)29-18-10-11-20-15(12-18)13-21(36-20)23(32)34-4/h6-14H,5H2,1-4H3,(H2,28,29,30,31). The van der Waals surface area contributed by atoms with Crippen molar-refractivity contribution < 1.29 is 27.9 Å². The van der Waals surface area contributed by atoms with Crippen molar-refractivity contribution in [2.45, 2.75) is 26.2 Å². The van der Waals surface area contributed by atoms with Gasteiger partial charge in [-0.3, -0.25) is 4.79 Å². The molecule has 4 rings (SSSR count). The summed E-state index contributed by atoms with van der Waals surface area (Å²) < 4.78 is 29.7. The molecule has 0 unspecified atom stereocenters. The van der Waals surface area contributed by atoms with Gasteiger partial charge < -0.3 is 24.5 Å². The van der Waals surface area contributed by atoms with E-state index in [1.54, 1.807) is 57.2 Å². The summed E-state index contributed by atoms with van der Waals surface area (Å²) in [6, 6.07) is 13.7. The number of carbonyl (C=O) groups is 2. The third kappa shape index (κ3) is 5.12. The van der Waals surface area contributed by atoms with Crippen LogP contribution in [0.2, 0.25) is 0 Å². The Morgan fingerprint density at radius 2 is 1.78 bits per heavy atom. The summed E-state index contributed by atoms with van der Waals surface area (Å²) in [6.45, 7) is 5.67. The zero-order valence-corrected chi connectivity index (χ0v) is 20.2. The zero-order chi connectivity index (χ0) is 25.9. The molecule has 2 aromatic carbocycles. The van der Waals surface area contributed by atoms with Gasteiger partial charge in [0.2, 0.25) is 11.7 Å². The largest absolute Gasteiger partial charge is 0.465 e. The van der Waals surface area contributed by atoms with Crippen molar-refractivity contribution in [1.29, 1.82) is 0 Å². The van der Waals surface area contributed by atoms with E-state index in [0.717, 1.165) is 11.8 Å². The van der Waals surface area contributed by atoms with Crippen molar-refractivity contribution in [1.82, 2.24) is 9.97 Å². The predicted molar refractivity (Wildman–Crippen MR) is 132 cm³/mol. The van der Waals surface area contributed by atoms with E-state index in [2.05, 4.69) is 25.3 Å². The highest BCUT2D eigenvalue weighted by molar-refractivity contribution is 5.93. The monoisotopic (exact) mass is 492 g/mol. The Kier molecular flexibility index (Phi) is 6.86. The maximum Gasteiger partial charge on any atom is 0.373 e. The lowest BCUT2D eigenvalue weighted by Gasteiger charge is -2.23. The minimum atomic E-state index is -0.800. The van der Waals surface area contributed by atoms with Crippen LogP contribution in [0.15, 0.2) is 59.1 Å². The van der Waals surface area contributed by atoms with Crippen LogP contribution in [0.5, 0.6) is 0 Å². The van der Waals surface area contributed by atoms with Gasteiger partial charge in [0, 0.05) is 16.8 Å². The summed E-state index contributed by atoms with van der Waals surface area (Å²) in [5, 5.41) is 6.59. The summed E-state index contributed by atoms with van der Waals surface area (Å²) in [4.78, 5) is 32.2. The molecular weight excluding hydrogens is 467 g/mol. The van der Waals surface area contributed by atoms with Crippen LogP contribution in [-0.4, -0.2) is 35.6 Å². The summed E-state index contributed by atoms with van der Waals surface area (Å²) >= 11 is 0. The number of nitrogens with zero attached hydrogens (tertiary/aromatic N) is 2. The predicted octanol–water partition coefficient (Wildman–Crippen LogP) is 5.48. The average Bonchev–Trinajstić information content (AvgIpc) is 3.29. The number of carbonyl (C=O) groups excluding carboxylic acids is 2. The second-order valence-corrected chi connectivity index (χ2v) is 8.42. The summed E-state index contributed by atoms with van der Waals surface area (Å²) in [7, 11) is 1.27. The van der Waals surface area contributed by atoms with Crippen molar-refractivity contribution in [3.8, 4) is 0 Å². The first-order valence-electron chi connectivity index (χ1n) is 11.2. The lowest BCUT2D eigenvalue weighted by molar-refractivity contribution is -0.148. The number of furan rings is 1. The van der Waals surface area contributed by atoms with Gasteiger partial charge in [-0.1, -0.05) is 12.1 Å². The van der Waals surface area contributed by atoms with Crippen LogP contribution in [0.1, 0.15) is 36.9 Å². The number of fused-ring (bicyclic) bond motifs is 1. The number of anilines is 4. The van der Waals surface area contributed by atoms with Gasteiger partial charge in [-0.15, -0.1) is 0 Å². The van der Waals surface area contributed by atoms with Gasteiger partial charge in [0.15, 0.2) is 11.6 Å². The topological polar surface area (TPSA) is 116 Å². The summed E-state index contributed by atoms with van der Waals surface area (Å²) in [5.41, 5.74) is 1.67. The number of esters is 2. The smallest absolute Gasteiger partial charge is 0.373 e. The Hall–Kier alpha value is -4.47. The molecule has 10 heteroatoms. The number of hydrogen-bond donors (Lipinski definition) is 2. The molecule has 0 radical (unpaired) electrons. The quantitative estimate of drug-likeness (QED) is 0.309. The van der Waals surface area contributed by atoms with E-state index in [9.17, 15) is 14.0 Å². The number of hydrogen-bond acceptors (Lipinski definition) is 9. The number of ether oxygens (including phenoxy) is 2. The Labute approximate surface area is 206 Å². The molecule has 0 aliphatic heterocycles. The first-order valence-corrected chi connectivity index (χ1v) is 11.2. The molecule has 0 spiro atoms. The molecule has 0 saturated carbocycles. The van der Waals surface area contributed by atoms with Gasteiger partial charge in [0.25, 0.3) is 0 Å². The van der Waals surface area contributed by atoms with Crippen LogP contribution in [0.4, 0.5) is 27.5 Å². The molecule has 36 heavy (non-hydrogen) atoms. The van der Waals surface area contributed by atoms with Gasteiger partial charge in [0.1, 0.15) is 5.58 Å². The molecule has 9 nitrogen and oxygen atoms in total. The van der Waals surface area contributed by atoms with Crippen LogP contribution in [0.3, 0.4) is 0 Å². The number of halogens is 1. The maximum absolute atomic E-state index is 14.4. The van der Waals surface area contributed by atoms with Gasteiger partial charge in [-0.25, -0.2) is 14.2 Å². The molecule has 2 heterocycles. The van der Waals surface area contributed by atoms with Crippen LogP contribution in [0.25, 0.3) is 11.0 Å². The minimum Gasteiger partial charge on any atom is -0.465 e. The molecule has 0 fully saturated rings. The minimum absolute atomic E-state index is 0.0383. The Balaban J connectivity index is 1.51. The molecule has 0 aliphatic rings. The lowest BCUT2D eigenvalue weighted by Crippen LogP contribution is -2.31. The highest BCUT2D eigenvalue weighted by Gasteiger charge is 2.31. The molecule has 0 atom stereocenters. The van der Waals surface area contributed by atoms with Crippen molar-refractivity contribution in [3.63, 3.8) is 0 Å². The van der Waals surface area contributed by atoms with Crippen molar-refractivity contribution in [2.75, 3.05) is 24.4 Å². The number of aromatic nitrogens is 2. The van der Waals surface area contributed by atoms with Gasteiger partial charge >= 0.3 is 11.9 Å². The second kappa shape index (κ2) is 10.0. The molecular formula is C26H25FN4O5. The van der Waals surface area contributed by atoms with Gasteiger partial charge in [-0.2, -0.15) is 4.98 Å². The van der Waals surface area contributed by atoms with Crippen LogP contribution in [-0.2, 0) is 19.7 Å². The molecule has 0 bridgehead atoms. The molecule has 186 valence electrons. The van der Waals surface area contributed by atoms with E-state index in [1.807, 2.05) is 12.1 Å². The van der Waals surface area contributed by atoms with Crippen molar-refractivity contribution in [3.05, 3.63) is 71.9 Å². The second-order valence-electron chi connectivity index (χ2n) is 8.42. The maximum atomic E-state index is 14.4. The normalized spacial score (nSPS) is 11.2. The fourth-order valence-electron chi connectivity index (χ4n) is 3.50. The number of nitrogens with one attached hydrogen (secondary N) is 2. The Morgan fingerprint density at radius 3 is 2.47 bits per heavy atom. The first-order chi connectivity index (χ1) is 17.2. The van der Waals surface area contributed by atoms with E-state index in [1.165, 1.54) is 7.11 Å². The summed E-state index contributed by atoms with van der Waals surface area (Å²) in [5.74, 6) is -1.33. The average molecular weight is 493 g/mol. The van der Waals surface area contributed by atoms with E-state index in [4.69, 9.17) is 9.15 Å². The van der Waals surface area contributed by atoms with E-state index < -0.39 is 17.2 Å². The number of rotatable bonds is 8. The van der Waals surface area contributed by atoms with Crippen LogP contribution < -0.4 is 10.6 Å². The molecule has 2 N–H and O–H groups in total. The lowest BCUT2D eigenvalue weighted by atomic mass is 9.84. The SMILES string of the molecule is CCOC(=O)C(C)(C)c1ccc(Nc2ncc(F)c(Nc3ccc4oc(C(=O)OC)cc4c3)n2)cc1. The van der Waals surface area contributed by atoms with Crippen LogP contribution >= 0.6 is 0 Å². The molecule has 0 aliphatic carbocycles. The first kappa shape index (κ1) is 24.6. The fourth-order valence-corrected chi connectivity index (χ4v) is 3.50. The van der Waals surface area contributed by atoms with E-state index in [0.29, 0.717) is 29.0 Å². The number of methoxy groups -OCH3 is 1. The molecule has 0 saturated heterocycles. The molecule has 2 aromatic heterocycles. The van der Waals surface area contributed by atoms with E-state index in [-0.39, 0.29) is 23.5 Å². The summed E-state index contributed by atoms with van der Waals surface area (Å²) in [6.07, 6.45) is 1.06. The van der Waals surface area contributed by atoms with E-state index >= 15 is 0 Å². The zero-order valence-electron chi connectivity index (χ0n) is 20.2. The third-order valence-corrected chi connectivity index (χ3v) is 5.56. The van der Waals surface area contributed by atoms with Crippen LogP contribution in [0, 0.1) is 5.82 Å². The highest BCUT2D eigenvalue weighted by atomic mass is 19.1. The van der Waals surface area contributed by atoms with Gasteiger partial charge in [0.05, 0.1) is 25.3 Å². The van der Waals surface area contributed by atoms with Crippen molar-refractivity contribution in [2.24, 2.45) is 0 Å². The number of benzene rings is 2. The van der Waals surface area contributed by atoms with Crippen molar-refractivity contribution >= 4 is 46.0 Å². The Bertz CT molecular complexity index is 1420. The Morgan fingerprint density at radius 1 is 1.06 bits per heavy atom. The third-order valence-electron chi connectivity index (χ3n) is 5.56. The molecule has 4 aromatic rings. The fraction of sp³-hybridized carbons (Fsp3) is 0.231. The highest BCUT2D eigenvalue weighted by Crippen LogP contribution is 2.28. The van der Waals surface area contributed by atoms with Gasteiger partial charge in [-0.05, 0) is 62.7 Å². The molecule has 0 amide bonds.